The topological polar surface area (TPSA) is 43.1 Å². The van der Waals surface area contributed by atoms with E-state index in [0.29, 0.717) is 4.83 Å². The molecular weight excluding hydrogens is 306 g/mol. The van der Waals surface area contributed by atoms with Crippen LogP contribution in [0.3, 0.4) is 0 Å². The molecule has 0 aromatic heterocycles. The second-order valence-corrected chi connectivity index (χ2v) is 7.01. The van der Waals surface area contributed by atoms with Crippen LogP contribution in [0.25, 0.3) is 0 Å². The Morgan fingerprint density at radius 3 is 2.32 bits per heavy atom. The van der Waals surface area contributed by atoms with E-state index in [1.165, 1.54) is 31.2 Å². The lowest BCUT2D eigenvalue weighted by atomic mass is 10.0. The number of halogens is 1. The van der Waals surface area contributed by atoms with Gasteiger partial charge in [-0.1, -0.05) is 40.9 Å². The van der Waals surface area contributed by atoms with Crippen molar-refractivity contribution in [3.05, 3.63) is 39.9 Å². The summed E-state index contributed by atoms with van der Waals surface area (Å²) in [7, 11) is 0. The molecule has 0 N–H and O–H groups in total. The standard InChI is InChI=1S/C15H18BrNO2/c16-14(15-12-3-1-2-4-13(12)15)9-10-5-7-11(8-6-10)17(18)19/h5-8,12-15H,1-4,9H2. The fraction of sp³-hybridized carbons (Fsp3) is 0.600. The third-order valence-corrected chi connectivity index (χ3v) is 5.65. The Hall–Kier alpha value is -0.900. The highest BCUT2D eigenvalue weighted by molar-refractivity contribution is 9.09. The normalized spacial score (nSPS) is 30.5. The lowest BCUT2D eigenvalue weighted by molar-refractivity contribution is -0.384. The molecule has 2 saturated carbocycles. The van der Waals surface area contributed by atoms with Crippen molar-refractivity contribution in [3.63, 3.8) is 0 Å². The van der Waals surface area contributed by atoms with Crippen molar-refractivity contribution < 1.29 is 4.92 Å². The molecule has 3 nitrogen and oxygen atoms in total. The van der Waals surface area contributed by atoms with E-state index in [2.05, 4.69) is 15.9 Å². The molecular formula is C15H18BrNO2. The number of nitrogens with zero attached hydrogens (tertiary/aromatic N) is 1. The summed E-state index contributed by atoms with van der Waals surface area (Å²) in [5.41, 5.74) is 1.37. The maximum absolute atomic E-state index is 10.6. The third-order valence-electron chi connectivity index (χ3n) is 4.72. The van der Waals surface area contributed by atoms with Crippen LogP contribution in [0.2, 0.25) is 0 Å². The van der Waals surface area contributed by atoms with Crippen LogP contribution in [0, 0.1) is 27.9 Å². The number of non-ortho nitro benzene ring substituents is 1. The zero-order valence-corrected chi connectivity index (χ0v) is 12.4. The molecule has 3 atom stereocenters. The summed E-state index contributed by atoms with van der Waals surface area (Å²) in [6.07, 6.45) is 6.58. The second-order valence-electron chi connectivity index (χ2n) is 5.83. The largest absolute Gasteiger partial charge is 0.269 e. The molecule has 0 heterocycles. The number of nitro groups is 1. The Labute approximate surface area is 121 Å². The Balaban J connectivity index is 1.60. The number of alkyl halides is 1. The lowest BCUT2D eigenvalue weighted by Gasteiger charge is -2.09. The van der Waals surface area contributed by atoms with Crippen LogP contribution in [-0.4, -0.2) is 9.75 Å². The minimum Gasteiger partial charge on any atom is -0.258 e. The predicted molar refractivity (Wildman–Crippen MR) is 78.5 cm³/mol. The monoisotopic (exact) mass is 323 g/mol. The van der Waals surface area contributed by atoms with Gasteiger partial charge in [-0.3, -0.25) is 10.1 Å². The summed E-state index contributed by atoms with van der Waals surface area (Å²) in [4.78, 5) is 10.8. The van der Waals surface area contributed by atoms with Gasteiger partial charge in [0, 0.05) is 17.0 Å². The Morgan fingerprint density at radius 2 is 1.79 bits per heavy atom. The zero-order chi connectivity index (χ0) is 13.4. The van der Waals surface area contributed by atoms with Gasteiger partial charge < -0.3 is 0 Å². The van der Waals surface area contributed by atoms with Crippen molar-refractivity contribution in [1.82, 2.24) is 0 Å². The van der Waals surface area contributed by atoms with Crippen LogP contribution in [-0.2, 0) is 6.42 Å². The summed E-state index contributed by atoms with van der Waals surface area (Å²) in [5, 5.41) is 10.6. The molecule has 0 spiro atoms. The molecule has 3 unspecified atom stereocenters. The maximum atomic E-state index is 10.6. The number of hydrogen-bond acceptors (Lipinski definition) is 2. The Kier molecular flexibility index (Phi) is 3.61. The fourth-order valence-electron chi connectivity index (χ4n) is 3.70. The van der Waals surface area contributed by atoms with Crippen LogP contribution in [0.1, 0.15) is 31.2 Å². The van der Waals surface area contributed by atoms with E-state index in [-0.39, 0.29) is 10.6 Å². The van der Waals surface area contributed by atoms with E-state index in [0.717, 1.165) is 24.2 Å². The molecule has 1 aromatic rings. The summed E-state index contributed by atoms with van der Waals surface area (Å²) in [6, 6.07) is 6.99. The van der Waals surface area contributed by atoms with E-state index < -0.39 is 0 Å². The molecule has 0 radical (unpaired) electrons. The Morgan fingerprint density at radius 1 is 1.21 bits per heavy atom. The van der Waals surface area contributed by atoms with Crippen molar-refractivity contribution >= 4 is 21.6 Å². The molecule has 102 valence electrons. The first-order chi connectivity index (χ1) is 9.16. The summed E-state index contributed by atoms with van der Waals surface area (Å²) >= 11 is 3.85. The first-order valence-electron chi connectivity index (χ1n) is 7.04. The smallest absolute Gasteiger partial charge is 0.258 e. The first-order valence-corrected chi connectivity index (χ1v) is 7.96. The van der Waals surface area contributed by atoms with Crippen molar-refractivity contribution in [2.75, 3.05) is 0 Å². The quantitative estimate of drug-likeness (QED) is 0.470. The number of nitro benzene ring substituents is 1. The van der Waals surface area contributed by atoms with Crippen molar-refractivity contribution in [2.45, 2.75) is 36.9 Å². The van der Waals surface area contributed by atoms with E-state index in [1.54, 1.807) is 12.1 Å². The summed E-state index contributed by atoms with van der Waals surface area (Å²) in [6.45, 7) is 0. The predicted octanol–water partition coefficient (Wildman–Crippen LogP) is 4.34. The van der Waals surface area contributed by atoms with Crippen molar-refractivity contribution in [1.29, 1.82) is 0 Å². The van der Waals surface area contributed by atoms with Gasteiger partial charge in [-0.15, -0.1) is 0 Å². The molecule has 0 aliphatic heterocycles. The van der Waals surface area contributed by atoms with Crippen LogP contribution in [0.15, 0.2) is 24.3 Å². The maximum Gasteiger partial charge on any atom is 0.269 e. The molecule has 2 fully saturated rings. The molecule has 3 rings (SSSR count). The number of rotatable bonds is 4. The van der Waals surface area contributed by atoms with E-state index in [1.807, 2.05) is 12.1 Å². The van der Waals surface area contributed by atoms with Gasteiger partial charge >= 0.3 is 0 Å². The highest BCUT2D eigenvalue weighted by atomic mass is 79.9. The minimum absolute atomic E-state index is 0.176. The van der Waals surface area contributed by atoms with Gasteiger partial charge in [-0.25, -0.2) is 0 Å². The molecule has 19 heavy (non-hydrogen) atoms. The number of fused-ring (bicyclic) bond motifs is 1. The van der Waals surface area contributed by atoms with Gasteiger partial charge in [0.15, 0.2) is 0 Å². The van der Waals surface area contributed by atoms with Gasteiger partial charge in [0.2, 0.25) is 0 Å². The van der Waals surface area contributed by atoms with Gasteiger partial charge in [0.05, 0.1) is 4.92 Å². The van der Waals surface area contributed by atoms with Crippen LogP contribution >= 0.6 is 15.9 Å². The molecule has 0 saturated heterocycles. The van der Waals surface area contributed by atoms with Gasteiger partial charge in [-0.2, -0.15) is 0 Å². The number of hydrogen-bond donors (Lipinski definition) is 0. The van der Waals surface area contributed by atoms with Crippen LogP contribution in [0.4, 0.5) is 5.69 Å². The lowest BCUT2D eigenvalue weighted by Crippen LogP contribution is -2.07. The minimum atomic E-state index is -0.342. The summed E-state index contributed by atoms with van der Waals surface area (Å²) in [5.74, 6) is 2.71. The molecule has 0 amide bonds. The van der Waals surface area contributed by atoms with Gasteiger partial charge in [0.25, 0.3) is 5.69 Å². The first kappa shape index (κ1) is 13.1. The zero-order valence-electron chi connectivity index (χ0n) is 10.8. The number of benzene rings is 1. The fourth-order valence-corrected chi connectivity index (χ4v) is 4.86. The highest BCUT2D eigenvalue weighted by Crippen LogP contribution is 2.58. The second kappa shape index (κ2) is 5.23. The Bertz CT molecular complexity index is 462. The SMILES string of the molecule is O=[N+]([O-])c1ccc(CC(Br)C2C3CCCCC32)cc1. The van der Waals surface area contributed by atoms with Crippen molar-refractivity contribution in [2.24, 2.45) is 17.8 Å². The average Bonchev–Trinajstić information content (AvgIpc) is 3.13. The molecule has 1 aromatic carbocycles. The van der Waals surface area contributed by atoms with Gasteiger partial charge in [0.1, 0.15) is 0 Å². The third kappa shape index (κ3) is 2.69. The average molecular weight is 324 g/mol. The molecule has 2 aliphatic carbocycles. The van der Waals surface area contributed by atoms with E-state index >= 15 is 0 Å². The summed E-state index contributed by atoms with van der Waals surface area (Å²) < 4.78 is 0. The van der Waals surface area contributed by atoms with Crippen LogP contribution < -0.4 is 0 Å². The molecule has 2 aliphatic rings. The van der Waals surface area contributed by atoms with Crippen LogP contribution in [0.5, 0.6) is 0 Å². The van der Waals surface area contributed by atoms with E-state index in [9.17, 15) is 10.1 Å². The highest BCUT2D eigenvalue weighted by Gasteiger charge is 2.53. The van der Waals surface area contributed by atoms with E-state index in [4.69, 9.17) is 0 Å². The molecule has 4 heteroatoms. The van der Waals surface area contributed by atoms with Crippen molar-refractivity contribution in [3.8, 4) is 0 Å². The van der Waals surface area contributed by atoms with Gasteiger partial charge in [-0.05, 0) is 42.6 Å². The molecule has 0 bridgehead atoms.